The number of aryl methyl sites for hydroxylation is 1. The van der Waals surface area contributed by atoms with Gasteiger partial charge in [-0.3, -0.25) is 0 Å². The molecule has 1 nitrogen and oxygen atoms in total. The summed E-state index contributed by atoms with van der Waals surface area (Å²) in [5, 5.41) is 3.34. The first-order valence-electron chi connectivity index (χ1n) is 4.35. The molecule has 0 heterocycles. The third kappa shape index (κ3) is 3.23. The minimum atomic E-state index is 0.883. The van der Waals surface area contributed by atoms with Crippen molar-refractivity contribution < 1.29 is 0 Å². The highest BCUT2D eigenvalue weighted by atomic mass is 79.9. The second-order valence-electron chi connectivity index (χ2n) is 2.91. The summed E-state index contributed by atoms with van der Waals surface area (Å²) in [7, 11) is 0. The predicted octanol–water partition coefficient (Wildman–Crippen LogP) is 3.75. The summed E-state index contributed by atoms with van der Waals surface area (Å²) in [5.74, 6) is 0. The minimum absolute atomic E-state index is 0.883. The maximum absolute atomic E-state index is 3.45. The molecule has 0 aliphatic carbocycles. The quantitative estimate of drug-likeness (QED) is 0.793. The third-order valence-electron chi connectivity index (χ3n) is 1.85. The molecule has 0 unspecified atom stereocenters. The Kier molecular flexibility index (Phi) is 4.03. The Morgan fingerprint density at radius 3 is 2.92 bits per heavy atom. The predicted molar refractivity (Wildman–Crippen MR) is 62.2 cm³/mol. The lowest BCUT2D eigenvalue weighted by atomic mass is 10.2. The minimum Gasteiger partial charge on any atom is -0.381 e. The molecule has 0 saturated heterocycles. The van der Waals surface area contributed by atoms with E-state index >= 15 is 0 Å². The van der Waals surface area contributed by atoms with Gasteiger partial charge in [0.05, 0.1) is 0 Å². The molecule has 0 radical (unpaired) electrons. The highest BCUT2D eigenvalue weighted by Crippen LogP contribution is 2.20. The normalized spacial score (nSPS) is 10.7. The maximum atomic E-state index is 3.45. The highest BCUT2D eigenvalue weighted by molar-refractivity contribution is 9.10. The first kappa shape index (κ1) is 10.3. The molecule has 1 rings (SSSR count). The summed E-state index contributed by atoms with van der Waals surface area (Å²) in [6.45, 7) is 5.01. The van der Waals surface area contributed by atoms with Crippen LogP contribution in [0.4, 0.5) is 5.69 Å². The van der Waals surface area contributed by atoms with E-state index in [1.807, 2.05) is 13.0 Å². The molecular formula is C11H14BrN. The van der Waals surface area contributed by atoms with Crippen molar-refractivity contribution in [3.8, 4) is 0 Å². The molecule has 70 valence electrons. The standard InChI is InChI=1S/C11H14BrN/c1-3-4-7-13-11-8-10(12)6-5-9(11)2/h3-6,8,13H,7H2,1-2H3/b4-3+. The van der Waals surface area contributed by atoms with Gasteiger partial charge < -0.3 is 5.32 Å². The lowest BCUT2D eigenvalue weighted by Gasteiger charge is -2.07. The average molecular weight is 240 g/mol. The molecule has 0 saturated carbocycles. The van der Waals surface area contributed by atoms with Crippen LogP contribution in [0.1, 0.15) is 12.5 Å². The van der Waals surface area contributed by atoms with Crippen molar-refractivity contribution >= 4 is 21.6 Å². The van der Waals surface area contributed by atoms with Crippen LogP contribution in [0.2, 0.25) is 0 Å². The van der Waals surface area contributed by atoms with Gasteiger partial charge >= 0.3 is 0 Å². The van der Waals surface area contributed by atoms with Gasteiger partial charge in [-0.05, 0) is 31.5 Å². The van der Waals surface area contributed by atoms with Gasteiger partial charge in [-0.2, -0.15) is 0 Å². The van der Waals surface area contributed by atoms with Gasteiger partial charge in [-0.15, -0.1) is 0 Å². The highest BCUT2D eigenvalue weighted by Gasteiger charge is 1.96. The number of anilines is 1. The zero-order valence-electron chi connectivity index (χ0n) is 7.97. The van der Waals surface area contributed by atoms with E-state index in [0.717, 1.165) is 11.0 Å². The number of benzene rings is 1. The average Bonchev–Trinajstić information content (AvgIpc) is 2.11. The lowest BCUT2D eigenvalue weighted by Crippen LogP contribution is -1.99. The molecule has 0 amide bonds. The third-order valence-corrected chi connectivity index (χ3v) is 2.34. The Bertz CT molecular complexity index is 305. The van der Waals surface area contributed by atoms with E-state index in [-0.39, 0.29) is 0 Å². The van der Waals surface area contributed by atoms with Gasteiger partial charge in [0.2, 0.25) is 0 Å². The van der Waals surface area contributed by atoms with Crippen LogP contribution in [-0.4, -0.2) is 6.54 Å². The summed E-state index contributed by atoms with van der Waals surface area (Å²) in [5.41, 5.74) is 2.46. The first-order chi connectivity index (χ1) is 6.24. The molecule has 1 aromatic carbocycles. The van der Waals surface area contributed by atoms with Crippen LogP contribution in [0.5, 0.6) is 0 Å². The summed E-state index contributed by atoms with van der Waals surface area (Å²) in [6, 6.07) is 6.25. The number of nitrogens with one attached hydrogen (secondary N) is 1. The van der Waals surface area contributed by atoms with Crippen LogP contribution in [0.3, 0.4) is 0 Å². The van der Waals surface area contributed by atoms with Crippen molar-refractivity contribution in [2.45, 2.75) is 13.8 Å². The van der Waals surface area contributed by atoms with Crippen LogP contribution < -0.4 is 5.32 Å². The molecule has 0 spiro atoms. The summed E-state index contributed by atoms with van der Waals surface area (Å²) >= 11 is 3.45. The molecule has 0 atom stereocenters. The van der Waals surface area contributed by atoms with Crippen LogP contribution >= 0.6 is 15.9 Å². The Hall–Kier alpha value is -0.760. The van der Waals surface area contributed by atoms with E-state index in [9.17, 15) is 0 Å². The monoisotopic (exact) mass is 239 g/mol. The van der Waals surface area contributed by atoms with E-state index in [1.165, 1.54) is 11.3 Å². The van der Waals surface area contributed by atoms with Crippen LogP contribution in [0.25, 0.3) is 0 Å². The van der Waals surface area contributed by atoms with Crippen LogP contribution in [0.15, 0.2) is 34.8 Å². The van der Waals surface area contributed by atoms with E-state index in [4.69, 9.17) is 0 Å². The molecule has 1 aromatic rings. The fourth-order valence-corrected chi connectivity index (χ4v) is 1.43. The molecule has 2 heteroatoms. The van der Waals surface area contributed by atoms with Crippen LogP contribution in [0, 0.1) is 6.92 Å². The van der Waals surface area contributed by atoms with Crippen molar-refractivity contribution in [3.05, 3.63) is 40.4 Å². The SMILES string of the molecule is C/C=C/CNc1cc(Br)ccc1C. The lowest BCUT2D eigenvalue weighted by molar-refractivity contribution is 1.29. The Labute approximate surface area is 88.0 Å². The number of rotatable bonds is 3. The maximum Gasteiger partial charge on any atom is 0.0383 e. The summed E-state index contributed by atoms with van der Waals surface area (Å²) in [4.78, 5) is 0. The van der Waals surface area contributed by atoms with Gasteiger partial charge in [-0.25, -0.2) is 0 Å². The molecule has 0 aliphatic rings. The second kappa shape index (κ2) is 5.07. The van der Waals surface area contributed by atoms with Gasteiger partial charge in [0.25, 0.3) is 0 Å². The van der Waals surface area contributed by atoms with Crippen molar-refractivity contribution in [3.63, 3.8) is 0 Å². The Morgan fingerprint density at radius 1 is 1.46 bits per heavy atom. The number of allylic oxidation sites excluding steroid dienone is 1. The zero-order valence-corrected chi connectivity index (χ0v) is 9.56. The molecular weight excluding hydrogens is 226 g/mol. The van der Waals surface area contributed by atoms with E-state index in [0.29, 0.717) is 0 Å². The van der Waals surface area contributed by atoms with Gasteiger partial charge in [-0.1, -0.05) is 34.1 Å². The van der Waals surface area contributed by atoms with Gasteiger partial charge in [0.1, 0.15) is 0 Å². The van der Waals surface area contributed by atoms with Crippen molar-refractivity contribution in [2.75, 3.05) is 11.9 Å². The number of hydrogen-bond donors (Lipinski definition) is 1. The Balaban J connectivity index is 2.69. The number of hydrogen-bond acceptors (Lipinski definition) is 1. The first-order valence-corrected chi connectivity index (χ1v) is 5.14. The number of halogens is 1. The molecule has 13 heavy (non-hydrogen) atoms. The van der Waals surface area contributed by atoms with E-state index in [1.54, 1.807) is 0 Å². The summed E-state index contributed by atoms with van der Waals surface area (Å²) in [6.07, 6.45) is 4.14. The molecule has 0 aliphatic heterocycles. The van der Waals surface area contributed by atoms with Crippen molar-refractivity contribution in [1.29, 1.82) is 0 Å². The molecule has 0 fully saturated rings. The van der Waals surface area contributed by atoms with Crippen molar-refractivity contribution in [1.82, 2.24) is 0 Å². The smallest absolute Gasteiger partial charge is 0.0383 e. The van der Waals surface area contributed by atoms with Gasteiger partial charge in [0, 0.05) is 16.7 Å². The van der Waals surface area contributed by atoms with E-state index in [2.05, 4.69) is 52.4 Å². The topological polar surface area (TPSA) is 12.0 Å². The largest absolute Gasteiger partial charge is 0.381 e. The zero-order chi connectivity index (χ0) is 9.68. The molecule has 0 aromatic heterocycles. The fourth-order valence-electron chi connectivity index (χ4n) is 1.07. The van der Waals surface area contributed by atoms with Gasteiger partial charge in [0.15, 0.2) is 0 Å². The van der Waals surface area contributed by atoms with Crippen LogP contribution in [-0.2, 0) is 0 Å². The molecule has 1 N–H and O–H groups in total. The second-order valence-corrected chi connectivity index (χ2v) is 3.82. The van der Waals surface area contributed by atoms with E-state index < -0.39 is 0 Å². The Morgan fingerprint density at radius 2 is 2.23 bits per heavy atom. The molecule has 0 bridgehead atoms. The summed E-state index contributed by atoms with van der Waals surface area (Å²) < 4.78 is 1.11. The van der Waals surface area contributed by atoms with Crippen molar-refractivity contribution in [2.24, 2.45) is 0 Å². The fraction of sp³-hybridized carbons (Fsp3) is 0.273.